The molecule has 0 aliphatic rings. The van der Waals surface area contributed by atoms with E-state index in [9.17, 15) is 5.11 Å². The molecule has 102 valence electrons. The molecule has 0 bridgehead atoms. The standard InChI is InChI=1S/C14H14N4O2/c1-14(19,12-3-2-6-20-12)8-16-13-10-4-5-15-7-11(10)17-9-18-13/h2-7,9,19H,8H2,1H3,(H,16,17,18). The van der Waals surface area contributed by atoms with Crippen molar-refractivity contribution in [2.24, 2.45) is 0 Å². The fourth-order valence-electron chi connectivity index (χ4n) is 1.98. The van der Waals surface area contributed by atoms with Gasteiger partial charge in [0.15, 0.2) is 0 Å². The summed E-state index contributed by atoms with van der Waals surface area (Å²) in [5, 5.41) is 14.4. The van der Waals surface area contributed by atoms with E-state index in [2.05, 4.69) is 20.3 Å². The summed E-state index contributed by atoms with van der Waals surface area (Å²) in [5.74, 6) is 1.16. The van der Waals surface area contributed by atoms with Crippen molar-refractivity contribution in [3.63, 3.8) is 0 Å². The van der Waals surface area contributed by atoms with E-state index in [0.717, 1.165) is 10.9 Å². The van der Waals surface area contributed by atoms with Crippen molar-refractivity contribution < 1.29 is 9.52 Å². The van der Waals surface area contributed by atoms with E-state index in [1.807, 2.05) is 6.07 Å². The van der Waals surface area contributed by atoms with Crippen LogP contribution in [0.15, 0.2) is 47.6 Å². The number of fused-ring (bicyclic) bond motifs is 1. The largest absolute Gasteiger partial charge is 0.466 e. The fourth-order valence-corrected chi connectivity index (χ4v) is 1.98. The third kappa shape index (κ3) is 2.33. The van der Waals surface area contributed by atoms with Crippen molar-refractivity contribution in [3.05, 3.63) is 48.9 Å². The van der Waals surface area contributed by atoms with Gasteiger partial charge in [0.25, 0.3) is 0 Å². The molecule has 0 spiro atoms. The topological polar surface area (TPSA) is 84.1 Å². The van der Waals surface area contributed by atoms with Gasteiger partial charge in [-0.05, 0) is 25.1 Å². The van der Waals surface area contributed by atoms with Crippen LogP contribution in [0.5, 0.6) is 0 Å². The highest BCUT2D eigenvalue weighted by molar-refractivity contribution is 5.87. The van der Waals surface area contributed by atoms with Crippen molar-refractivity contribution in [1.82, 2.24) is 15.0 Å². The van der Waals surface area contributed by atoms with Gasteiger partial charge in [0.05, 0.1) is 24.5 Å². The monoisotopic (exact) mass is 270 g/mol. The molecule has 6 heteroatoms. The molecular formula is C14H14N4O2. The average molecular weight is 270 g/mol. The lowest BCUT2D eigenvalue weighted by molar-refractivity contribution is 0.0476. The van der Waals surface area contributed by atoms with Crippen LogP contribution in [0.4, 0.5) is 5.82 Å². The normalized spacial score (nSPS) is 14.1. The van der Waals surface area contributed by atoms with Crippen LogP contribution >= 0.6 is 0 Å². The predicted octanol–water partition coefficient (Wildman–Crippen LogP) is 1.94. The molecule has 1 unspecified atom stereocenters. The molecule has 6 nitrogen and oxygen atoms in total. The second-order valence-corrected chi connectivity index (χ2v) is 4.72. The smallest absolute Gasteiger partial charge is 0.137 e. The van der Waals surface area contributed by atoms with E-state index in [4.69, 9.17) is 4.42 Å². The number of hydrogen-bond donors (Lipinski definition) is 2. The molecule has 0 fully saturated rings. The van der Waals surface area contributed by atoms with Crippen molar-refractivity contribution in [2.45, 2.75) is 12.5 Å². The van der Waals surface area contributed by atoms with Crippen LogP contribution in [0.1, 0.15) is 12.7 Å². The number of aliphatic hydroxyl groups is 1. The van der Waals surface area contributed by atoms with Gasteiger partial charge >= 0.3 is 0 Å². The first-order valence-electron chi connectivity index (χ1n) is 6.22. The Hall–Kier alpha value is -2.47. The Labute approximate surface area is 115 Å². The maximum Gasteiger partial charge on any atom is 0.137 e. The molecule has 0 saturated carbocycles. The first kappa shape index (κ1) is 12.6. The minimum atomic E-state index is -1.12. The maximum atomic E-state index is 10.4. The minimum Gasteiger partial charge on any atom is -0.466 e. The molecular weight excluding hydrogens is 256 g/mol. The average Bonchev–Trinajstić information content (AvgIpc) is 3.00. The van der Waals surface area contributed by atoms with E-state index >= 15 is 0 Å². The van der Waals surface area contributed by atoms with E-state index in [-0.39, 0.29) is 6.54 Å². The zero-order valence-corrected chi connectivity index (χ0v) is 10.9. The predicted molar refractivity (Wildman–Crippen MR) is 74.1 cm³/mol. The molecule has 1 atom stereocenters. The molecule has 20 heavy (non-hydrogen) atoms. The van der Waals surface area contributed by atoms with E-state index in [0.29, 0.717) is 11.6 Å². The van der Waals surface area contributed by atoms with Gasteiger partial charge in [-0.1, -0.05) is 0 Å². The maximum absolute atomic E-state index is 10.4. The summed E-state index contributed by atoms with van der Waals surface area (Å²) in [5.41, 5.74) is -0.365. The van der Waals surface area contributed by atoms with Crippen LogP contribution in [0.25, 0.3) is 10.9 Å². The number of nitrogens with zero attached hydrogens (tertiary/aromatic N) is 3. The Morgan fingerprint density at radius 1 is 1.35 bits per heavy atom. The highest BCUT2D eigenvalue weighted by atomic mass is 16.4. The number of pyridine rings is 1. The lowest BCUT2D eigenvalue weighted by atomic mass is 10.0. The summed E-state index contributed by atoms with van der Waals surface area (Å²) >= 11 is 0. The van der Waals surface area contributed by atoms with Crippen LogP contribution in [0, 0.1) is 0 Å². The van der Waals surface area contributed by atoms with Gasteiger partial charge in [-0.15, -0.1) is 0 Å². The SMILES string of the molecule is CC(O)(CNc1ncnc2cnccc12)c1ccco1. The molecule has 3 rings (SSSR count). The van der Waals surface area contributed by atoms with Crippen LogP contribution in [0.2, 0.25) is 0 Å². The number of anilines is 1. The summed E-state index contributed by atoms with van der Waals surface area (Å²) in [6.07, 6.45) is 6.36. The van der Waals surface area contributed by atoms with Crippen molar-refractivity contribution in [1.29, 1.82) is 0 Å². The van der Waals surface area contributed by atoms with Crippen LogP contribution in [-0.2, 0) is 5.60 Å². The molecule has 0 amide bonds. The zero-order valence-electron chi connectivity index (χ0n) is 10.9. The van der Waals surface area contributed by atoms with E-state index in [1.54, 1.807) is 31.5 Å². The van der Waals surface area contributed by atoms with Gasteiger partial charge in [-0.25, -0.2) is 9.97 Å². The molecule has 0 aliphatic carbocycles. The fraction of sp³-hybridized carbons (Fsp3) is 0.214. The Kier molecular flexibility index (Phi) is 3.08. The van der Waals surface area contributed by atoms with Crippen molar-refractivity contribution in [2.75, 3.05) is 11.9 Å². The minimum absolute atomic E-state index is 0.273. The summed E-state index contributed by atoms with van der Waals surface area (Å²) in [6, 6.07) is 5.32. The van der Waals surface area contributed by atoms with Gasteiger partial charge in [-0.3, -0.25) is 4.98 Å². The Bertz CT molecular complexity index is 705. The summed E-state index contributed by atoms with van der Waals surface area (Å²) in [6.45, 7) is 1.96. The molecule has 2 N–H and O–H groups in total. The number of furan rings is 1. The highest BCUT2D eigenvalue weighted by Gasteiger charge is 2.26. The number of hydrogen-bond acceptors (Lipinski definition) is 6. The third-order valence-electron chi connectivity index (χ3n) is 3.09. The van der Waals surface area contributed by atoms with Gasteiger partial charge in [0.2, 0.25) is 0 Å². The van der Waals surface area contributed by atoms with Gasteiger partial charge < -0.3 is 14.8 Å². The molecule has 3 aromatic rings. The van der Waals surface area contributed by atoms with E-state index in [1.165, 1.54) is 12.6 Å². The van der Waals surface area contributed by atoms with Crippen LogP contribution < -0.4 is 5.32 Å². The Morgan fingerprint density at radius 2 is 2.25 bits per heavy atom. The molecule has 3 aromatic heterocycles. The number of aromatic nitrogens is 3. The highest BCUT2D eigenvalue weighted by Crippen LogP contribution is 2.23. The second kappa shape index (κ2) is 4.90. The van der Waals surface area contributed by atoms with Crippen molar-refractivity contribution in [3.8, 4) is 0 Å². The van der Waals surface area contributed by atoms with Gasteiger partial charge in [0.1, 0.15) is 23.5 Å². The number of nitrogens with one attached hydrogen (secondary N) is 1. The summed E-state index contributed by atoms with van der Waals surface area (Å²) in [7, 11) is 0. The van der Waals surface area contributed by atoms with Crippen molar-refractivity contribution >= 4 is 16.7 Å². The molecule has 0 aliphatic heterocycles. The number of rotatable bonds is 4. The lowest BCUT2D eigenvalue weighted by Crippen LogP contribution is -2.30. The Morgan fingerprint density at radius 3 is 3.05 bits per heavy atom. The molecule has 0 radical (unpaired) electrons. The first-order chi connectivity index (χ1) is 9.67. The lowest BCUT2D eigenvalue weighted by Gasteiger charge is -2.21. The zero-order chi connectivity index (χ0) is 14.0. The van der Waals surface area contributed by atoms with Crippen LogP contribution in [-0.4, -0.2) is 26.6 Å². The molecule has 0 saturated heterocycles. The summed E-state index contributed by atoms with van der Waals surface area (Å²) < 4.78 is 5.24. The second-order valence-electron chi connectivity index (χ2n) is 4.72. The first-order valence-corrected chi connectivity index (χ1v) is 6.22. The Balaban J connectivity index is 1.84. The van der Waals surface area contributed by atoms with Gasteiger partial charge in [0, 0.05) is 11.6 Å². The third-order valence-corrected chi connectivity index (χ3v) is 3.09. The molecule has 3 heterocycles. The molecule has 0 aromatic carbocycles. The van der Waals surface area contributed by atoms with Crippen LogP contribution in [0.3, 0.4) is 0 Å². The summed E-state index contributed by atoms with van der Waals surface area (Å²) in [4.78, 5) is 12.4. The van der Waals surface area contributed by atoms with Gasteiger partial charge in [-0.2, -0.15) is 0 Å². The quantitative estimate of drug-likeness (QED) is 0.753. The van der Waals surface area contributed by atoms with E-state index < -0.39 is 5.60 Å².